The lowest BCUT2D eigenvalue weighted by Gasteiger charge is -2.10. The molecule has 0 aliphatic rings. The molecule has 1 heterocycles. The van der Waals surface area contributed by atoms with E-state index in [9.17, 15) is 9.59 Å². The molecular weight excluding hydrogens is 314 g/mol. The molecule has 1 N–H and O–H groups in total. The lowest BCUT2D eigenvalue weighted by Crippen LogP contribution is -2.13. The molecular formula is C16H17N3O5. The van der Waals surface area contributed by atoms with Gasteiger partial charge in [-0.2, -0.15) is 5.10 Å². The lowest BCUT2D eigenvalue weighted by molar-refractivity contribution is -0.132. The number of fused-ring (bicyclic) bond motifs is 1. The molecule has 1 aromatic heterocycles. The maximum atomic E-state index is 11.7. The molecule has 0 unspecified atom stereocenters. The van der Waals surface area contributed by atoms with Crippen LogP contribution in [0.25, 0.3) is 10.9 Å². The van der Waals surface area contributed by atoms with Crippen molar-refractivity contribution in [2.75, 3.05) is 26.8 Å². The summed E-state index contributed by atoms with van der Waals surface area (Å²) in [5, 5.41) is 4.65. The van der Waals surface area contributed by atoms with Crippen LogP contribution in [-0.2, 0) is 14.3 Å². The second-order valence-electron chi connectivity index (χ2n) is 4.70. The van der Waals surface area contributed by atoms with Crippen molar-refractivity contribution < 1.29 is 23.8 Å². The highest BCUT2D eigenvalue weighted by Crippen LogP contribution is 2.30. The number of hydrogen-bond donors (Lipinski definition) is 1. The van der Waals surface area contributed by atoms with Gasteiger partial charge in [-0.15, -0.1) is 0 Å². The maximum Gasteiger partial charge on any atom is 0.356 e. The van der Waals surface area contributed by atoms with Crippen LogP contribution < -0.4 is 10.2 Å². The zero-order valence-electron chi connectivity index (χ0n) is 13.7. The quantitative estimate of drug-likeness (QED) is 0.508. The maximum absolute atomic E-state index is 11.7. The van der Waals surface area contributed by atoms with Crippen molar-refractivity contribution in [2.45, 2.75) is 6.92 Å². The minimum absolute atomic E-state index is 0.162. The van der Waals surface area contributed by atoms with Crippen molar-refractivity contribution in [3.05, 3.63) is 30.0 Å². The van der Waals surface area contributed by atoms with Gasteiger partial charge in [-0.3, -0.25) is 5.43 Å². The molecule has 8 heteroatoms. The highest BCUT2D eigenvalue weighted by molar-refractivity contribution is 6.35. The average Bonchev–Trinajstić information content (AvgIpc) is 2.63. The second kappa shape index (κ2) is 7.40. The van der Waals surface area contributed by atoms with Crippen LogP contribution in [-0.4, -0.2) is 44.0 Å². The molecule has 126 valence electrons. The van der Waals surface area contributed by atoms with Crippen LogP contribution in [0, 0.1) is 0 Å². The fourth-order valence-corrected chi connectivity index (χ4v) is 2.01. The Kier molecular flexibility index (Phi) is 5.31. The van der Waals surface area contributed by atoms with Crippen molar-refractivity contribution in [3.63, 3.8) is 0 Å². The van der Waals surface area contributed by atoms with Gasteiger partial charge in [-0.25, -0.2) is 14.6 Å². The molecule has 1 aromatic carbocycles. The SMILES string of the molecule is COC(=O)/C(C)=N/Nc1ccc(OC)c2nc(C(=O)OC)ccc12. The smallest absolute Gasteiger partial charge is 0.356 e. The van der Waals surface area contributed by atoms with Gasteiger partial charge in [0, 0.05) is 5.39 Å². The van der Waals surface area contributed by atoms with E-state index in [-0.39, 0.29) is 11.4 Å². The first kappa shape index (κ1) is 17.2. The third-order valence-corrected chi connectivity index (χ3v) is 3.26. The Morgan fingerprint density at radius 1 is 1.08 bits per heavy atom. The summed E-state index contributed by atoms with van der Waals surface area (Å²) in [5.74, 6) is -0.585. The number of esters is 2. The molecule has 0 saturated heterocycles. The number of carbonyl (C=O) groups is 2. The van der Waals surface area contributed by atoms with Gasteiger partial charge in [-0.05, 0) is 31.2 Å². The number of hydrazone groups is 1. The van der Waals surface area contributed by atoms with Crippen LogP contribution in [0.15, 0.2) is 29.4 Å². The average molecular weight is 331 g/mol. The number of nitrogens with one attached hydrogen (secondary N) is 1. The Balaban J connectivity index is 2.49. The van der Waals surface area contributed by atoms with Gasteiger partial charge in [0.05, 0.1) is 27.0 Å². The third kappa shape index (κ3) is 3.43. The minimum Gasteiger partial charge on any atom is -0.494 e. The number of ether oxygens (including phenoxy) is 3. The summed E-state index contributed by atoms with van der Waals surface area (Å²) in [7, 11) is 4.07. The Labute approximate surface area is 138 Å². The highest BCUT2D eigenvalue weighted by Gasteiger charge is 2.13. The molecule has 0 spiro atoms. The minimum atomic E-state index is -0.545. The van der Waals surface area contributed by atoms with Gasteiger partial charge in [-0.1, -0.05) is 0 Å². The first-order chi connectivity index (χ1) is 11.5. The second-order valence-corrected chi connectivity index (χ2v) is 4.70. The standard InChI is InChI=1S/C16H17N3O5/c1-9(15(20)23-3)18-19-11-7-8-13(22-2)14-10(11)5-6-12(17-14)16(21)24-4/h5-8,19H,1-4H3/b18-9+. The van der Waals surface area contributed by atoms with E-state index in [0.717, 1.165) is 0 Å². The number of methoxy groups -OCH3 is 3. The molecule has 0 aliphatic heterocycles. The summed E-state index contributed by atoms with van der Waals surface area (Å²) in [5.41, 5.74) is 4.19. The molecule has 0 aliphatic carbocycles. The number of anilines is 1. The summed E-state index contributed by atoms with van der Waals surface area (Å²) in [6.07, 6.45) is 0. The van der Waals surface area contributed by atoms with Crippen LogP contribution >= 0.6 is 0 Å². The van der Waals surface area contributed by atoms with Crippen molar-refractivity contribution in [3.8, 4) is 5.75 Å². The normalized spacial score (nSPS) is 11.1. The number of benzene rings is 1. The summed E-state index contributed by atoms with van der Waals surface area (Å²) < 4.78 is 14.5. The van der Waals surface area contributed by atoms with Gasteiger partial charge < -0.3 is 14.2 Å². The number of carbonyl (C=O) groups excluding carboxylic acids is 2. The molecule has 0 atom stereocenters. The fraction of sp³-hybridized carbons (Fsp3) is 0.250. The predicted molar refractivity (Wildman–Crippen MR) is 88.4 cm³/mol. The first-order valence-electron chi connectivity index (χ1n) is 6.96. The Hall–Kier alpha value is -3.16. The van der Waals surface area contributed by atoms with Gasteiger partial charge in [0.1, 0.15) is 22.7 Å². The number of hydrogen-bond acceptors (Lipinski definition) is 8. The van der Waals surface area contributed by atoms with Gasteiger partial charge in [0.25, 0.3) is 0 Å². The fourth-order valence-electron chi connectivity index (χ4n) is 2.01. The molecule has 0 bridgehead atoms. The van der Waals surface area contributed by atoms with Crippen molar-refractivity contribution in [1.29, 1.82) is 0 Å². The van der Waals surface area contributed by atoms with Crippen LogP contribution in [0.3, 0.4) is 0 Å². The Morgan fingerprint density at radius 2 is 1.83 bits per heavy atom. The van der Waals surface area contributed by atoms with Crippen molar-refractivity contribution in [1.82, 2.24) is 4.98 Å². The van der Waals surface area contributed by atoms with E-state index in [1.807, 2.05) is 0 Å². The van der Waals surface area contributed by atoms with E-state index in [0.29, 0.717) is 22.3 Å². The lowest BCUT2D eigenvalue weighted by atomic mass is 10.1. The largest absolute Gasteiger partial charge is 0.494 e. The Bertz CT molecular complexity index is 817. The first-order valence-corrected chi connectivity index (χ1v) is 6.96. The van der Waals surface area contributed by atoms with E-state index in [4.69, 9.17) is 4.74 Å². The Morgan fingerprint density at radius 3 is 2.46 bits per heavy atom. The molecule has 0 radical (unpaired) electrons. The van der Waals surface area contributed by atoms with Gasteiger partial charge in [0.2, 0.25) is 0 Å². The number of rotatable bonds is 5. The van der Waals surface area contributed by atoms with Crippen molar-refractivity contribution in [2.24, 2.45) is 5.10 Å². The summed E-state index contributed by atoms with van der Waals surface area (Å²) in [6.45, 7) is 1.53. The molecule has 2 rings (SSSR count). The van der Waals surface area contributed by atoms with Gasteiger partial charge >= 0.3 is 11.9 Å². The summed E-state index contributed by atoms with van der Waals surface area (Å²) >= 11 is 0. The monoisotopic (exact) mass is 331 g/mol. The topological polar surface area (TPSA) is 99.1 Å². The highest BCUT2D eigenvalue weighted by atomic mass is 16.5. The van der Waals surface area contributed by atoms with Crippen LogP contribution in [0.5, 0.6) is 5.75 Å². The molecule has 0 amide bonds. The summed E-state index contributed by atoms with van der Waals surface area (Å²) in [6, 6.07) is 6.65. The van der Waals surface area contributed by atoms with E-state index >= 15 is 0 Å². The van der Waals surface area contributed by atoms with E-state index < -0.39 is 11.9 Å². The van der Waals surface area contributed by atoms with Gasteiger partial charge in [0.15, 0.2) is 0 Å². The summed E-state index contributed by atoms with van der Waals surface area (Å²) in [4.78, 5) is 27.3. The zero-order chi connectivity index (χ0) is 17.7. The predicted octanol–water partition coefficient (Wildman–Crippen LogP) is 1.99. The van der Waals surface area contributed by atoms with Crippen LogP contribution in [0.1, 0.15) is 17.4 Å². The van der Waals surface area contributed by atoms with Crippen LogP contribution in [0.2, 0.25) is 0 Å². The number of aromatic nitrogens is 1. The van der Waals surface area contributed by atoms with E-state index in [2.05, 4.69) is 25.0 Å². The molecule has 24 heavy (non-hydrogen) atoms. The molecule has 8 nitrogen and oxygen atoms in total. The molecule has 0 saturated carbocycles. The third-order valence-electron chi connectivity index (χ3n) is 3.26. The number of nitrogens with zero attached hydrogens (tertiary/aromatic N) is 2. The molecule has 2 aromatic rings. The molecule has 0 fully saturated rings. The number of pyridine rings is 1. The van der Waals surface area contributed by atoms with Crippen LogP contribution in [0.4, 0.5) is 5.69 Å². The zero-order valence-corrected chi connectivity index (χ0v) is 13.7. The van der Waals surface area contributed by atoms with Crippen molar-refractivity contribution >= 4 is 34.2 Å². The van der Waals surface area contributed by atoms with E-state index in [1.165, 1.54) is 34.3 Å². The van der Waals surface area contributed by atoms with E-state index in [1.54, 1.807) is 18.2 Å².